The van der Waals surface area contributed by atoms with Crippen molar-refractivity contribution in [3.8, 4) is 11.4 Å². The van der Waals surface area contributed by atoms with Crippen molar-refractivity contribution in [1.29, 1.82) is 0 Å². The fourth-order valence-electron chi connectivity index (χ4n) is 5.54. The van der Waals surface area contributed by atoms with Crippen LogP contribution < -0.4 is 4.74 Å². The standard InChI is InChI=1S/C30H37N3O3/c1-22-18-32(19-25-10-14-28(35-2)15-11-25)30(34)29(36-22)17-26-20-33(21-31-26)27-12-8-24(9-13-27)16-23-6-4-3-5-7-23/h8-15,20-23,29H,3-7,16-19H2,1-2H3. The van der Waals surface area contributed by atoms with Crippen LogP contribution in [0.4, 0.5) is 0 Å². The largest absolute Gasteiger partial charge is 0.497 e. The molecule has 2 fully saturated rings. The highest BCUT2D eigenvalue weighted by atomic mass is 16.5. The Kier molecular flexibility index (Phi) is 7.71. The minimum atomic E-state index is -0.520. The molecule has 2 aromatic carbocycles. The van der Waals surface area contributed by atoms with E-state index in [-0.39, 0.29) is 12.0 Å². The number of carbonyl (C=O) groups excluding carboxylic acids is 1. The fraction of sp³-hybridized carbons (Fsp3) is 0.467. The van der Waals surface area contributed by atoms with Gasteiger partial charge in [0, 0.05) is 31.4 Å². The summed E-state index contributed by atoms with van der Waals surface area (Å²) in [6.07, 6.45) is 11.8. The number of benzene rings is 2. The van der Waals surface area contributed by atoms with Gasteiger partial charge in [-0.1, -0.05) is 56.4 Å². The van der Waals surface area contributed by atoms with Crippen molar-refractivity contribution in [2.24, 2.45) is 5.92 Å². The Morgan fingerprint density at radius 2 is 1.69 bits per heavy atom. The predicted octanol–water partition coefficient (Wildman–Crippen LogP) is 5.36. The average molecular weight is 488 g/mol. The zero-order chi connectivity index (χ0) is 24.9. The molecule has 190 valence electrons. The molecule has 0 bridgehead atoms. The SMILES string of the molecule is COc1ccc(CN2CC(C)OC(Cc3cn(-c4ccc(CC5CCCCC5)cc4)cn3)C2=O)cc1. The number of nitrogens with zero attached hydrogens (tertiary/aromatic N) is 3. The van der Waals surface area contributed by atoms with E-state index in [9.17, 15) is 4.79 Å². The lowest BCUT2D eigenvalue weighted by atomic mass is 9.85. The van der Waals surface area contributed by atoms with E-state index in [0.29, 0.717) is 19.5 Å². The maximum Gasteiger partial charge on any atom is 0.252 e. The monoisotopic (exact) mass is 487 g/mol. The first kappa shape index (κ1) is 24.6. The van der Waals surface area contributed by atoms with Gasteiger partial charge in [-0.05, 0) is 54.7 Å². The van der Waals surface area contributed by atoms with Crippen LogP contribution in [0.25, 0.3) is 5.69 Å². The summed E-state index contributed by atoms with van der Waals surface area (Å²) in [6.45, 7) is 3.17. The summed E-state index contributed by atoms with van der Waals surface area (Å²) < 4.78 is 13.3. The highest BCUT2D eigenvalue weighted by molar-refractivity contribution is 5.82. The van der Waals surface area contributed by atoms with Crippen molar-refractivity contribution in [3.63, 3.8) is 0 Å². The van der Waals surface area contributed by atoms with Crippen LogP contribution in [0.3, 0.4) is 0 Å². The maximum atomic E-state index is 13.2. The second-order valence-corrected chi connectivity index (χ2v) is 10.4. The lowest BCUT2D eigenvalue weighted by Gasteiger charge is -2.36. The first-order valence-corrected chi connectivity index (χ1v) is 13.3. The Morgan fingerprint density at radius 1 is 0.972 bits per heavy atom. The average Bonchev–Trinajstić information content (AvgIpc) is 3.37. The Balaban J connectivity index is 1.20. The molecule has 5 rings (SSSR count). The van der Waals surface area contributed by atoms with E-state index in [2.05, 4.69) is 29.2 Å². The van der Waals surface area contributed by atoms with Crippen LogP contribution in [0.1, 0.15) is 55.8 Å². The number of hydrogen-bond donors (Lipinski definition) is 0. The quantitative estimate of drug-likeness (QED) is 0.429. The Labute approximate surface area is 214 Å². The molecular formula is C30H37N3O3. The smallest absolute Gasteiger partial charge is 0.252 e. The van der Waals surface area contributed by atoms with E-state index in [0.717, 1.165) is 28.6 Å². The van der Waals surface area contributed by atoms with Crippen molar-refractivity contribution in [3.05, 3.63) is 77.9 Å². The van der Waals surface area contributed by atoms with Gasteiger partial charge in [-0.2, -0.15) is 0 Å². The summed E-state index contributed by atoms with van der Waals surface area (Å²) >= 11 is 0. The fourth-order valence-corrected chi connectivity index (χ4v) is 5.54. The van der Waals surface area contributed by atoms with Crippen LogP contribution in [0.15, 0.2) is 61.1 Å². The Morgan fingerprint density at radius 3 is 2.42 bits per heavy atom. The number of aromatic nitrogens is 2. The first-order valence-electron chi connectivity index (χ1n) is 13.3. The molecule has 2 heterocycles. The van der Waals surface area contributed by atoms with Crippen LogP contribution in [-0.4, -0.2) is 46.2 Å². The van der Waals surface area contributed by atoms with E-state index in [1.165, 1.54) is 44.1 Å². The molecule has 6 heteroatoms. The molecule has 1 amide bonds. The third kappa shape index (κ3) is 5.98. The van der Waals surface area contributed by atoms with Gasteiger partial charge < -0.3 is 18.9 Å². The summed E-state index contributed by atoms with van der Waals surface area (Å²) in [5.41, 5.74) is 4.44. The van der Waals surface area contributed by atoms with Gasteiger partial charge in [0.05, 0.1) is 25.2 Å². The van der Waals surface area contributed by atoms with Crippen LogP contribution in [0.2, 0.25) is 0 Å². The van der Waals surface area contributed by atoms with Gasteiger partial charge in [0.1, 0.15) is 11.9 Å². The van der Waals surface area contributed by atoms with Gasteiger partial charge in [-0.25, -0.2) is 4.98 Å². The number of amides is 1. The molecule has 0 N–H and O–H groups in total. The highest BCUT2D eigenvalue weighted by Gasteiger charge is 2.33. The van der Waals surface area contributed by atoms with Crippen LogP contribution >= 0.6 is 0 Å². The molecule has 1 aromatic heterocycles. The maximum absolute atomic E-state index is 13.2. The molecule has 3 aromatic rings. The third-order valence-electron chi connectivity index (χ3n) is 7.51. The number of rotatable bonds is 8. The molecule has 0 spiro atoms. The van der Waals surface area contributed by atoms with Crippen molar-refractivity contribution in [2.45, 2.75) is 70.6 Å². The summed E-state index contributed by atoms with van der Waals surface area (Å²) in [6, 6.07) is 16.7. The van der Waals surface area contributed by atoms with E-state index >= 15 is 0 Å². The van der Waals surface area contributed by atoms with E-state index < -0.39 is 6.10 Å². The summed E-state index contributed by atoms with van der Waals surface area (Å²) in [5, 5.41) is 0. The Bertz CT molecular complexity index is 1130. The number of carbonyl (C=O) groups is 1. The number of morpholine rings is 1. The van der Waals surface area contributed by atoms with Crippen LogP contribution in [-0.2, 0) is 28.9 Å². The lowest BCUT2D eigenvalue weighted by molar-refractivity contribution is -0.161. The van der Waals surface area contributed by atoms with Crippen molar-refractivity contribution >= 4 is 5.91 Å². The molecule has 2 unspecified atom stereocenters. The van der Waals surface area contributed by atoms with Gasteiger partial charge in [0.2, 0.25) is 0 Å². The molecule has 1 saturated heterocycles. The second kappa shape index (κ2) is 11.3. The number of methoxy groups -OCH3 is 1. The zero-order valence-corrected chi connectivity index (χ0v) is 21.4. The molecule has 2 aliphatic rings. The molecule has 36 heavy (non-hydrogen) atoms. The molecule has 6 nitrogen and oxygen atoms in total. The zero-order valence-electron chi connectivity index (χ0n) is 21.4. The van der Waals surface area contributed by atoms with E-state index in [1.54, 1.807) is 7.11 Å². The number of ether oxygens (including phenoxy) is 2. The number of imidazole rings is 1. The first-order chi connectivity index (χ1) is 17.6. The van der Waals surface area contributed by atoms with Crippen molar-refractivity contribution in [1.82, 2.24) is 14.5 Å². The molecule has 0 radical (unpaired) electrons. The predicted molar refractivity (Wildman–Crippen MR) is 140 cm³/mol. The Hall–Kier alpha value is -3.12. The van der Waals surface area contributed by atoms with Crippen LogP contribution in [0.5, 0.6) is 5.75 Å². The third-order valence-corrected chi connectivity index (χ3v) is 7.51. The van der Waals surface area contributed by atoms with Gasteiger partial charge >= 0.3 is 0 Å². The molecule has 1 aliphatic carbocycles. The summed E-state index contributed by atoms with van der Waals surface area (Å²) in [4.78, 5) is 19.7. The minimum absolute atomic E-state index is 0.0190. The van der Waals surface area contributed by atoms with E-state index in [4.69, 9.17) is 9.47 Å². The molecule has 2 atom stereocenters. The van der Waals surface area contributed by atoms with Gasteiger partial charge in [-0.15, -0.1) is 0 Å². The van der Waals surface area contributed by atoms with Gasteiger partial charge in [0.15, 0.2) is 0 Å². The summed E-state index contributed by atoms with van der Waals surface area (Å²) in [7, 11) is 1.65. The summed E-state index contributed by atoms with van der Waals surface area (Å²) in [5.74, 6) is 1.67. The van der Waals surface area contributed by atoms with E-state index in [1.807, 2.05) is 53.2 Å². The van der Waals surface area contributed by atoms with Crippen LogP contribution in [0, 0.1) is 5.92 Å². The van der Waals surface area contributed by atoms with Gasteiger partial charge in [0.25, 0.3) is 5.91 Å². The topological polar surface area (TPSA) is 56.6 Å². The second-order valence-electron chi connectivity index (χ2n) is 10.4. The highest BCUT2D eigenvalue weighted by Crippen LogP contribution is 2.27. The minimum Gasteiger partial charge on any atom is -0.497 e. The molecule has 1 aliphatic heterocycles. The lowest BCUT2D eigenvalue weighted by Crippen LogP contribution is -2.51. The normalized spacial score (nSPS) is 21.1. The molecule has 1 saturated carbocycles. The van der Waals surface area contributed by atoms with Gasteiger partial charge in [-0.3, -0.25) is 4.79 Å². The van der Waals surface area contributed by atoms with Crippen molar-refractivity contribution < 1.29 is 14.3 Å². The number of hydrogen-bond acceptors (Lipinski definition) is 4. The molecular weight excluding hydrogens is 450 g/mol. The van der Waals surface area contributed by atoms with Crippen molar-refractivity contribution in [2.75, 3.05) is 13.7 Å².